The summed E-state index contributed by atoms with van der Waals surface area (Å²) in [5, 5.41) is 0. The van der Waals surface area contributed by atoms with Crippen LogP contribution in [-0.4, -0.2) is 143 Å². The van der Waals surface area contributed by atoms with Crippen LogP contribution in [0.15, 0.2) is 0 Å². The van der Waals surface area contributed by atoms with Crippen LogP contribution in [-0.2, 0) is 65.4 Å². The van der Waals surface area contributed by atoms with E-state index in [0.717, 1.165) is 0 Å². The minimum absolute atomic E-state index is 0.0928. The van der Waals surface area contributed by atoms with Gasteiger partial charge in [-0.15, -0.1) is 0 Å². The van der Waals surface area contributed by atoms with Crippen LogP contribution in [0.3, 0.4) is 0 Å². The first-order valence-corrected chi connectivity index (χ1v) is 15.3. The molecule has 0 radical (unpaired) electrons. The second-order valence-corrected chi connectivity index (χ2v) is 11.2. The molecule has 0 fully saturated rings. The van der Waals surface area contributed by atoms with E-state index < -0.39 is 59.5 Å². The maximum absolute atomic E-state index is 5.97. The zero-order chi connectivity index (χ0) is 28.5. The van der Waals surface area contributed by atoms with Crippen molar-refractivity contribution in [1.82, 2.24) is 0 Å². The third-order valence-electron chi connectivity index (χ3n) is 5.19. The second kappa shape index (κ2) is 19.4. The molecule has 0 aliphatic rings. The molecule has 0 bridgehead atoms. The van der Waals surface area contributed by atoms with E-state index in [1.165, 1.54) is 64.0 Å². The number of hydrogen-bond acceptors (Lipinski definition) is 15. The van der Waals surface area contributed by atoms with Crippen LogP contribution in [0.4, 0.5) is 0 Å². The van der Waals surface area contributed by atoms with Crippen molar-refractivity contribution in [2.24, 2.45) is 0 Å². The molecule has 37 heavy (non-hydrogen) atoms. The van der Waals surface area contributed by atoms with Gasteiger partial charge in [-0.25, -0.2) is 0 Å². The molecule has 3 unspecified atom stereocenters. The van der Waals surface area contributed by atoms with E-state index in [9.17, 15) is 0 Å². The van der Waals surface area contributed by atoms with Gasteiger partial charge in [0.2, 0.25) is 0 Å². The van der Waals surface area contributed by atoms with Gasteiger partial charge in [-0.1, -0.05) is 0 Å². The molecule has 0 rings (SSSR count). The zero-order valence-electron chi connectivity index (χ0n) is 24.1. The van der Waals surface area contributed by atoms with E-state index in [-0.39, 0.29) is 19.8 Å². The monoisotopic (exact) mass is 652 g/mol. The third-order valence-corrected chi connectivity index (χ3v) is 10.4. The van der Waals surface area contributed by atoms with Gasteiger partial charge in [0, 0.05) is 0 Å². The normalized spacial score (nSPS) is 15.6. The van der Waals surface area contributed by atoms with Gasteiger partial charge < -0.3 is 0 Å². The Bertz CT molecular complexity index is 459. The van der Waals surface area contributed by atoms with E-state index in [0.29, 0.717) is 0 Å². The molecule has 0 saturated carbocycles. The molecule has 0 aromatic heterocycles. The van der Waals surface area contributed by atoms with Gasteiger partial charge in [0.1, 0.15) is 0 Å². The second-order valence-electron chi connectivity index (χ2n) is 7.22. The Morgan fingerprint density at radius 3 is 0.757 bits per heavy atom. The molecule has 0 aliphatic carbocycles. The summed E-state index contributed by atoms with van der Waals surface area (Å²) in [6.07, 6.45) is -2.36. The molecule has 16 heteroatoms. The standard InChI is InChI=1S/3C7H15O5.In/c3*1-6(8)12-5-7(9-2,10-3)11-4;/h3*6H,5H2,1-4H3;/q3*-1;+3. The Hall–Kier alpha value is 0.270. The SMILES string of the molecule is COC(COC(C)[O][In]([O]C(C)OCC(OC)(OC)OC)[O]C(C)OCC(OC)(OC)OC)(OC)OC. The molecular formula is C21H45InO15. The van der Waals surface area contributed by atoms with Gasteiger partial charge in [-0.05, 0) is 0 Å². The quantitative estimate of drug-likeness (QED) is 0.136. The summed E-state index contributed by atoms with van der Waals surface area (Å²) in [6, 6.07) is 0. The average molecular weight is 652 g/mol. The van der Waals surface area contributed by atoms with E-state index in [2.05, 4.69) is 0 Å². The van der Waals surface area contributed by atoms with Crippen LogP contribution in [0, 0.1) is 0 Å². The van der Waals surface area contributed by atoms with Crippen LogP contribution in [0.25, 0.3) is 0 Å². The molecule has 0 N–H and O–H groups in total. The van der Waals surface area contributed by atoms with E-state index in [1.54, 1.807) is 20.8 Å². The molecule has 15 nitrogen and oxygen atoms in total. The number of hydrogen-bond donors (Lipinski definition) is 0. The van der Waals surface area contributed by atoms with Gasteiger partial charge in [-0.2, -0.15) is 0 Å². The van der Waals surface area contributed by atoms with Crippen molar-refractivity contribution in [2.75, 3.05) is 83.8 Å². The summed E-state index contributed by atoms with van der Waals surface area (Å²) in [7, 11) is 12.8. The van der Waals surface area contributed by atoms with Gasteiger partial charge in [-0.3, -0.25) is 0 Å². The average Bonchev–Trinajstić information content (AvgIpc) is 2.92. The zero-order valence-corrected chi connectivity index (χ0v) is 27.4. The molecule has 0 saturated heterocycles. The number of rotatable bonds is 24. The van der Waals surface area contributed by atoms with E-state index in [4.69, 9.17) is 65.4 Å². The van der Waals surface area contributed by atoms with Gasteiger partial charge in [0.05, 0.1) is 0 Å². The van der Waals surface area contributed by atoms with Crippen LogP contribution in [0.2, 0.25) is 0 Å². The Kier molecular flexibility index (Phi) is 19.5. The molecule has 0 aliphatic heterocycles. The number of ether oxygens (including phenoxy) is 12. The molecule has 0 spiro atoms. The van der Waals surface area contributed by atoms with Crippen molar-refractivity contribution in [1.29, 1.82) is 0 Å². The fourth-order valence-corrected chi connectivity index (χ4v) is 6.52. The first kappa shape index (κ1) is 37.3. The molecule has 0 aromatic carbocycles. The number of methoxy groups -OCH3 is 9. The Labute approximate surface area is 229 Å². The molecule has 0 heterocycles. The first-order valence-electron chi connectivity index (χ1n) is 11.3. The van der Waals surface area contributed by atoms with Gasteiger partial charge in [0.15, 0.2) is 0 Å². The Morgan fingerprint density at radius 1 is 0.405 bits per heavy atom. The molecule has 222 valence electrons. The van der Waals surface area contributed by atoms with E-state index >= 15 is 0 Å². The van der Waals surface area contributed by atoms with Crippen LogP contribution < -0.4 is 0 Å². The van der Waals surface area contributed by atoms with Crippen molar-refractivity contribution in [3.05, 3.63) is 0 Å². The predicted octanol–water partition coefficient (Wildman–Crippen LogP) is 0.888. The van der Waals surface area contributed by atoms with Crippen molar-refractivity contribution in [3.8, 4) is 0 Å². The molecule has 0 amide bonds. The molecule has 0 aromatic rings. The third kappa shape index (κ3) is 13.0. The molecule has 3 atom stereocenters. The first-order chi connectivity index (χ1) is 17.5. The summed E-state index contributed by atoms with van der Waals surface area (Å²) in [5.74, 6) is -4.19. The summed E-state index contributed by atoms with van der Waals surface area (Å²) in [6.45, 7) is 4.71. The van der Waals surface area contributed by atoms with Crippen molar-refractivity contribution < 1.29 is 65.4 Å². The summed E-state index contributed by atoms with van der Waals surface area (Å²) in [5.41, 5.74) is 0. The van der Waals surface area contributed by atoms with E-state index in [1.807, 2.05) is 0 Å². The van der Waals surface area contributed by atoms with Crippen molar-refractivity contribution in [3.63, 3.8) is 0 Å². The maximum atomic E-state index is 5.97. The van der Waals surface area contributed by atoms with Crippen molar-refractivity contribution >= 4 is 22.7 Å². The fraction of sp³-hybridized carbons (Fsp3) is 1.00. The van der Waals surface area contributed by atoms with Crippen molar-refractivity contribution in [2.45, 2.75) is 57.6 Å². The van der Waals surface area contributed by atoms with Gasteiger partial charge >= 0.3 is 230 Å². The summed E-state index contributed by atoms with van der Waals surface area (Å²) < 4.78 is 82.1. The Morgan fingerprint density at radius 2 is 0.595 bits per heavy atom. The topological polar surface area (TPSA) is 138 Å². The minimum atomic E-state index is -3.84. The molecular weight excluding hydrogens is 607 g/mol. The van der Waals surface area contributed by atoms with Crippen LogP contribution in [0.5, 0.6) is 0 Å². The Balaban J connectivity index is 5.30. The van der Waals surface area contributed by atoms with Gasteiger partial charge in [0.25, 0.3) is 0 Å². The summed E-state index contributed by atoms with van der Waals surface area (Å²) in [4.78, 5) is 0. The predicted molar refractivity (Wildman–Crippen MR) is 127 cm³/mol. The summed E-state index contributed by atoms with van der Waals surface area (Å²) >= 11 is -3.84. The van der Waals surface area contributed by atoms with Crippen LogP contribution in [0.1, 0.15) is 20.8 Å². The fourth-order valence-electron chi connectivity index (χ4n) is 2.62. The van der Waals surface area contributed by atoms with Crippen LogP contribution >= 0.6 is 0 Å².